The molecule has 2 atom stereocenters. The molecule has 0 saturated heterocycles. The summed E-state index contributed by atoms with van der Waals surface area (Å²) in [5.41, 5.74) is -0.126. The van der Waals surface area contributed by atoms with Gasteiger partial charge in [0.25, 0.3) is 0 Å². The molecule has 1 aromatic rings. The molecule has 2 heterocycles. The highest BCUT2D eigenvalue weighted by atomic mass is 16.5. The molecule has 19 heavy (non-hydrogen) atoms. The molecule has 0 saturated carbocycles. The highest BCUT2D eigenvalue weighted by Crippen LogP contribution is 2.41. The number of allylic oxidation sites excluding steroid dienone is 2. The van der Waals surface area contributed by atoms with Crippen molar-refractivity contribution in [2.75, 3.05) is 13.7 Å². The Morgan fingerprint density at radius 2 is 2.26 bits per heavy atom. The maximum atomic E-state index is 5.79. The topological polar surface area (TPSA) is 44.0 Å². The summed E-state index contributed by atoms with van der Waals surface area (Å²) in [7, 11) is 1.70. The molecule has 1 aromatic heterocycles. The molecular weight excluding hydrogens is 242 g/mol. The SMILES string of the molecule is COC1=C[C@@H](c2ccco2)[C@H](C2=NC(C)(C)CO2)C1. The molecule has 102 valence electrons. The molecule has 0 unspecified atom stereocenters. The van der Waals surface area contributed by atoms with Gasteiger partial charge in [-0.15, -0.1) is 0 Å². The van der Waals surface area contributed by atoms with Gasteiger partial charge in [0, 0.05) is 6.42 Å². The van der Waals surface area contributed by atoms with Gasteiger partial charge in [-0.05, 0) is 32.1 Å². The van der Waals surface area contributed by atoms with Crippen LogP contribution in [0.2, 0.25) is 0 Å². The second-order valence-corrected chi connectivity index (χ2v) is 5.74. The highest BCUT2D eigenvalue weighted by Gasteiger charge is 2.40. The highest BCUT2D eigenvalue weighted by molar-refractivity contribution is 5.83. The number of methoxy groups -OCH3 is 1. The minimum absolute atomic E-state index is 0.126. The van der Waals surface area contributed by atoms with Gasteiger partial charge in [-0.25, -0.2) is 4.99 Å². The zero-order valence-electron chi connectivity index (χ0n) is 11.6. The van der Waals surface area contributed by atoms with E-state index in [2.05, 4.69) is 19.9 Å². The molecule has 0 radical (unpaired) electrons. The summed E-state index contributed by atoms with van der Waals surface area (Å²) in [6, 6.07) is 3.90. The van der Waals surface area contributed by atoms with E-state index in [1.165, 1.54) is 0 Å². The number of rotatable bonds is 3. The molecule has 1 aliphatic heterocycles. The van der Waals surface area contributed by atoms with Crippen LogP contribution < -0.4 is 0 Å². The fourth-order valence-corrected chi connectivity index (χ4v) is 2.69. The lowest BCUT2D eigenvalue weighted by atomic mass is 9.93. The third-order valence-electron chi connectivity index (χ3n) is 3.66. The van der Waals surface area contributed by atoms with Crippen molar-refractivity contribution in [3.63, 3.8) is 0 Å². The van der Waals surface area contributed by atoms with Crippen LogP contribution in [0.5, 0.6) is 0 Å². The van der Waals surface area contributed by atoms with Crippen LogP contribution in [-0.4, -0.2) is 25.2 Å². The molecule has 0 amide bonds. The Morgan fingerprint density at radius 1 is 1.42 bits per heavy atom. The van der Waals surface area contributed by atoms with E-state index in [1.54, 1.807) is 13.4 Å². The van der Waals surface area contributed by atoms with E-state index in [9.17, 15) is 0 Å². The molecule has 4 nitrogen and oxygen atoms in total. The minimum atomic E-state index is -0.126. The van der Waals surface area contributed by atoms with Gasteiger partial charge in [-0.3, -0.25) is 0 Å². The van der Waals surface area contributed by atoms with Crippen molar-refractivity contribution in [2.45, 2.75) is 31.7 Å². The number of nitrogens with zero attached hydrogens (tertiary/aromatic N) is 1. The summed E-state index contributed by atoms with van der Waals surface area (Å²) in [4.78, 5) is 4.70. The third-order valence-corrected chi connectivity index (χ3v) is 3.66. The van der Waals surface area contributed by atoms with Gasteiger partial charge in [-0.2, -0.15) is 0 Å². The van der Waals surface area contributed by atoms with Crippen molar-refractivity contribution in [3.05, 3.63) is 36.0 Å². The zero-order chi connectivity index (χ0) is 13.5. The smallest absolute Gasteiger partial charge is 0.188 e. The van der Waals surface area contributed by atoms with Crippen molar-refractivity contribution in [1.29, 1.82) is 0 Å². The molecule has 0 fully saturated rings. The first-order chi connectivity index (χ1) is 9.09. The van der Waals surface area contributed by atoms with E-state index in [0.29, 0.717) is 6.61 Å². The van der Waals surface area contributed by atoms with Gasteiger partial charge in [0.1, 0.15) is 12.4 Å². The molecule has 2 aliphatic rings. The summed E-state index contributed by atoms with van der Waals surface area (Å²) in [5.74, 6) is 3.07. The lowest BCUT2D eigenvalue weighted by Gasteiger charge is -2.16. The number of hydrogen-bond donors (Lipinski definition) is 0. The van der Waals surface area contributed by atoms with Crippen molar-refractivity contribution in [3.8, 4) is 0 Å². The molecule has 0 spiro atoms. The van der Waals surface area contributed by atoms with E-state index >= 15 is 0 Å². The monoisotopic (exact) mass is 261 g/mol. The van der Waals surface area contributed by atoms with E-state index in [-0.39, 0.29) is 17.4 Å². The van der Waals surface area contributed by atoms with Crippen LogP contribution >= 0.6 is 0 Å². The fraction of sp³-hybridized carbons (Fsp3) is 0.533. The maximum absolute atomic E-state index is 5.79. The van der Waals surface area contributed by atoms with Crippen molar-refractivity contribution < 1.29 is 13.9 Å². The van der Waals surface area contributed by atoms with Crippen LogP contribution in [0.3, 0.4) is 0 Å². The number of hydrogen-bond acceptors (Lipinski definition) is 4. The summed E-state index contributed by atoms with van der Waals surface area (Å²) in [5, 5.41) is 0. The quantitative estimate of drug-likeness (QED) is 0.839. The second kappa shape index (κ2) is 4.44. The van der Waals surface area contributed by atoms with Crippen LogP contribution in [0.4, 0.5) is 0 Å². The minimum Gasteiger partial charge on any atom is -0.501 e. The Balaban J connectivity index is 1.89. The number of ether oxygens (including phenoxy) is 2. The molecule has 4 heteroatoms. The summed E-state index contributed by atoms with van der Waals surface area (Å²) < 4.78 is 16.7. The van der Waals surface area contributed by atoms with E-state index in [1.807, 2.05) is 12.1 Å². The maximum Gasteiger partial charge on any atom is 0.188 e. The summed E-state index contributed by atoms with van der Waals surface area (Å²) in [6.45, 7) is 4.81. The predicted molar refractivity (Wildman–Crippen MR) is 72.1 cm³/mol. The number of furan rings is 1. The van der Waals surface area contributed by atoms with Crippen LogP contribution in [0, 0.1) is 5.92 Å². The molecule has 3 rings (SSSR count). The molecule has 0 aromatic carbocycles. The Bertz CT molecular complexity index is 514. The zero-order valence-corrected chi connectivity index (χ0v) is 11.6. The van der Waals surface area contributed by atoms with Crippen molar-refractivity contribution in [2.24, 2.45) is 10.9 Å². The second-order valence-electron chi connectivity index (χ2n) is 5.74. The molecule has 0 bridgehead atoms. The van der Waals surface area contributed by atoms with Gasteiger partial charge >= 0.3 is 0 Å². The third kappa shape index (κ3) is 2.27. The first kappa shape index (κ1) is 12.3. The average Bonchev–Trinajstić information content (AvgIpc) is 3.05. The molecule has 1 aliphatic carbocycles. The van der Waals surface area contributed by atoms with E-state index in [0.717, 1.165) is 23.8 Å². The van der Waals surface area contributed by atoms with Crippen molar-refractivity contribution >= 4 is 5.90 Å². The first-order valence-corrected chi connectivity index (χ1v) is 6.60. The Labute approximate surface area is 113 Å². The van der Waals surface area contributed by atoms with Crippen molar-refractivity contribution in [1.82, 2.24) is 0 Å². The average molecular weight is 261 g/mol. The van der Waals surface area contributed by atoms with E-state index < -0.39 is 0 Å². The van der Waals surface area contributed by atoms with Crippen LogP contribution in [0.15, 0.2) is 39.6 Å². The predicted octanol–water partition coefficient (Wildman–Crippen LogP) is 3.12. The lowest BCUT2D eigenvalue weighted by Crippen LogP contribution is -2.18. The normalized spacial score (nSPS) is 28.8. The Kier molecular flexibility index (Phi) is 2.88. The van der Waals surface area contributed by atoms with Gasteiger partial charge in [0.2, 0.25) is 0 Å². The molecular formula is C15H19NO3. The van der Waals surface area contributed by atoms with Gasteiger partial charge in [0.05, 0.1) is 36.5 Å². The molecule has 0 N–H and O–H groups in total. The fourth-order valence-electron chi connectivity index (χ4n) is 2.69. The lowest BCUT2D eigenvalue weighted by molar-refractivity contribution is 0.252. The Morgan fingerprint density at radius 3 is 2.84 bits per heavy atom. The summed E-state index contributed by atoms with van der Waals surface area (Å²) in [6.07, 6.45) is 4.63. The van der Waals surface area contributed by atoms with Crippen LogP contribution in [-0.2, 0) is 9.47 Å². The standard InChI is InChI=1S/C15H19NO3/c1-15(2)9-19-14(16-15)12-8-10(17-3)7-11(12)13-5-4-6-18-13/h4-7,11-12H,8-9H2,1-3H3/t11-,12-/m1/s1. The van der Waals surface area contributed by atoms with Gasteiger partial charge < -0.3 is 13.9 Å². The first-order valence-electron chi connectivity index (χ1n) is 6.60. The van der Waals surface area contributed by atoms with E-state index in [4.69, 9.17) is 18.9 Å². The van der Waals surface area contributed by atoms with Crippen LogP contribution in [0.1, 0.15) is 31.9 Å². The number of aliphatic imine (C=N–C) groups is 1. The Hall–Kier alpha value is -1.71. The summed E-state index contributed by atoms with van der Waals surface area (Å²) >= 11 is 0. The van der Waals surface area contributed by atoms with Crippen LogP contribution in [0.25, 0.3) is 0 Å². The van der Waals surface area contributed by atoms with Gasteiger partial charge in [0.15, 0.2) is 5.90 Å². The largest absolute Gasteiger partial charge is 0.501 e. The van der Waals surface area contributed by atoms with Gasteiger partial charge in [-0.1, -0.05) is 0 Å².